The van der Waals surface area contributed by atoms with Crippen molar-refractivity contribution < 1.29 is 14.6 Å². The van der Waals surface area contributed by atoms with Gasteiger partial charge in [0.15, 0.2) is 0 Å². The maximum Gasteiger partial charge on any atom is 0.142 e. The first-order valence-electron chi connectivity index (χ1n) is 4.54. The number of aliphatic carboxylic acids is 1. The predicted octanol–water partition coefficient (Wildman–Crippen LogP) is 0.653. The molecule has 1 heterocycles. The van der Waals surface area contributed by atoms with E-state index < -0.39 is 5.97 Å². The topological polar surface area (TPSA) is 61.4 Å². The minimum atomic E-state index is -1.10. The molecule has 1 atom stereocenters. The van der Waals surface area contributed by atoms with Gasteiger partial charge in [0.2, 0.25) is 0 Å². The number of fused-ring (bicyclic) bond motifs is 1. The van der Waals surface area contributed by atoms with Gasteiger partial charge in [-0.05, 0) is 18.2 Å². The first-order chi connectivity index (χ1) is 7.15. The van der Waals surface area contributed by atoms with Gasteiger partial charge >= 0.3 is 0 Å². The van der Waals surface area contributed by atoms with E-state index in [-0.39, 0.29) is 12.5 Å². The fourth-order valence-corrected chi connectivity index (χ4v) is 1.68. The molecule has 1 aromatic rings. The van der Waals surface area contributed by atoms with Gasteiger partial charge in [-0.3, -0.25) is 0 Å². The average Bonchev–Trinajstić information content (AvgIpc) is 2.16. The van der Waals surface area contributed by atoms with Crippen molar-refractivity contribution in [2.75, 3.05) is 11.9 Å². The summed E-state index contributed by atoms with van der Waals surface area (Å²) in [5.74, 6) is -0.407. The Balaban J connectivity index is 2.14. The molecule has 0 saturated heterocycles. The van der Waals surface area contributed by atoms with Gasteiger partial charge in [-0.25, -0.2) is 0 Å². The fourth-order valence-electron chi connectivity index (χ4n) is 1.50. The molecule has 0 bridgehead atoms. The van der Waals surface area contributed by atoms with Crippen LogP contribution in [0, 0.1) is 0 Å². The summed E-state index contributed by atoms with van der Waals surface area (Å²) in [4.78, 5) is 10.4. The van der Waals surface area contributed by atoms with Gasteiger partial charge in [-0.2, -0.15) is 0 Å². The number of carboxylic acids is 1. The van der Waals surface area contributed by atoms with Crippen LogP contribution >= 0.6 is 11.6 Å². The largest absolute Gasteiger partial charge is 0.550 e. The number of ether oxygens (including phenoxy) is 1. The SMILES string of the molecule is O=C([O-])CC1COc2ccc(Cl)cc2N1. The van der Waals surface area contributed by atoms with Crippen LogP contribution in [0.1, 0.15) is 6.42 Å². The second-order valence-electron chi connectivity index (χ2n) is 3.37. The Labute approximate surface area is 91.8 Å². The molecular formula is C10H9ClNO3-. The minimum absolute atomic E-state index is 0.0774. The lowest BCUT2D eigenvalue weighted by atomic mass is 10.1. The minimum Gasteiger partial charge on any atom is -0.550 e. The first-order valence-corrected chi connectivity index (χ1v) is 4.91. The number of rotatable bonds is 2. The van der Waals surface area contributed by atoms with E-state index in [0.717, 1.165) is 5.69 Å². The quantitative estimate of drug-likeness (QED) is 0.805. The van der Waals surface area contributed by atoms with E-state index in [1.165, 1.54) is 0 Å². The molecule has 1 N–H and O–H groups in total. The van der Waals surface area contributed by atoms with Crippen molar-refractivity contribution in [2.45, 2.75) is 12.5 Å². The van der Waals surface area contributed by atoms with Gasteiger partial charge in [-0.1, -0.05) is 11.6 Å². The number of carboxylic acid groups (broad SMARTS) is 1. The summed E-state index contributed by atoms with van der Waals surface area (Å²) >= 11 is 5.81. The number of carbonyl (C=O) groups is 1. The van der Waals surface area contributed by atoms with Crippen LogP contribution in [0.3, 0.4) is 0 Å². The second-order valence-corrected chi connectivity index (χ2v) is 3.81. The number of nitrogens with one attached hydrogen (secondary N) is 1. The summed E-state index contributed by atoms with van der Waals surface area (Å²) < 4.78 is 5.38. The number of benzene rings is 1. The fraction of sp³-hybridized carbons (Fsp3) is 0.300. The van der Waals surface area contributed by atoms with Crippen LogP contribution < -0.4 is 15.2 Å². The van der Waals surface area contributed by atoms with E-state index >= 15 is 0 Å². The molecule has 5 heteroatoms. The summed E-state index contributed by atoms with van der Waals surface area (Å²) in [7, 11) is 0. The third kappa shape index (κ3) is 2.33. The first kappa shape index (κ1) is 10.1. The third-order valence-corrected chi connectivity index (χ3v) is 2.39. The van der Waals surface area contributed by atoms with Crippen molar-refractivity contribution in [1.29, 1.82) is 0 Å². The normalized spacial score (nSPS) is 18.6. The molecule has 0 saturated carbocycles. The molecule has 0 amide bonds. The zero-order valence-electron chi connectivity index (χ0n) is 7.83. The Morgan fingerprint density at radius 1 is 1.67 bits per heavy atom. The van der Waals surface area contributed by atoms with E-state index in [2.05, 4.69) is 5.32 Å². The summed E-state index contributed by atoms with van der Waals surface area (Å²) in [6.45, 7) is 0.322. The molecule has 15 heavy (non-hydrogen) atoms. The molecule has 2 rings (SSSR count). The van der Waals surface area contributed by atoms with Crippen LogP contribution in [-0.4, -0.2) is 18.6 Å². The van der Waals surface area contributed by atoms with Gasteiger partial charge in [0.25, 0.3) is 0 Å². The Kier molecular flexibility index (Phi) is 2.68. The number of hydrogen-bond donors (Lipinski definition) is 1. The van der Waals surface area contributed by atoms with Crippen LogP contribution in [0.4, 0.5) is 5.69 Å². The van der Waals surface area contributed by atoms with Crippen LogP contribution in [0.25, 0.3) is 0 Å². The molecule has 1 aliphatic rings. The molecule has 0 aliphatic carbocycles. The molecule has 1 aliphatic heterocycles. The number of halogens is 1. The highest BCUT2D eigenvalue weighted by Gasteiger charge is 2.18. The Morgan fingerprint density at radius 2 is 2.47 bits per heavy atom. The summed E-state index contributed by atoms with van der Waals surface area (Å²) in [6, 6.07) is 4.92. The van der Waals surface area contributed by atoms with Crippen molar-refractivity contribution >= 4 is 23.3 Å². The van der Waals surface area contributed by atoms with Crippen molar-refractivity contribution in [3.8, 4) is 5.75 Å². The molecule has 80 valence electrons. The highest BCUT2D eigenvalue weighted by Crippen LogP contribution is 2.31. The van der Waals surface area contributed by atoms with E-state index in [1.54, 1.807) is 18.2 Å². The zero-order chi connectivity index (χ0) is 10.8. The molecule has 1 aromatic carbocycles. The number of carbonyl (C=O) groups excluding carboxylic acids is 1. The van der Waals surface area contributed by atoms with E-state index in [1.807, 2.05) is 0 Å². The molecule has 0 radical (unpaired) electrons. The second kappa shape index (κ2) is 3.98. The molecule has 0 fully saturated rings. The summed E-state index contributed by atoms with van der Waals surface area (Å²) in [6.07, 6.45) is -0.0774. The van der Waals surface area contributed by atoms with Gasteiger partial charge in [0.1, 0.15) is 12.4 Å². The maximum atomic E-state index is 10.4. The summed E-state index contributed by atoms with van der Waals surface area (Å²) in [5, 5.41) is 14.0. The Morgan fingerprint density at radius 3 is 3.20 bits per heavy atom. The maximum absolute atomic E-state index is 10.4. The number of anilines is 1. The predicted molar refractivity (Wildman–Crippen MR) is 54.0 cm³/mol. The molecule has 4 nitrogen and oxygen atoms in total. The smallest absolute Gasteiger partial charge is 0.142 e. The van der Waals surface area contributed by atoms with Gasteiger partial charge in [-0.15, -0.1) is 0 Å². The van der Waals surface area contributed by atoms with Crippen LogP contribution in [0.15, 0.2) is 18.2 Å². The third-order valence-electron chi connectivity index (χ3n) is 2.15. The van der Waals surface area contributed by atoms with Crippen molar-refractivity contribution in [3.05, 3.63) is 23.2 Å². The van der Waals surface area contributed by atoms with Crippen LogP contribution in [-0.2, 0) is 4.79 Å². The lowest BCUT2D eigenvalue weighted by molar-refractivity contribution is -0.306. The standard InChI is InChI=1S/C10H10ClNO3/c11-6-1-2-9-8(3-6)12-7(5-15-9)4-10(13)14/h1-3,7,12H,4-5H2,(H,13,14)/p-1. The van der Waals surface area contributed by atoms with E-state index in [9.17, 15) is 9.90 Å². The number of hydrogen-bond acceptors (Lipinski definition) is 4. The van der Waals surface area contributed by atoms with Crippen LogP contribution in [0.2, 0.25) is 5.02 Å². The highest BCUT2D eigenvalue weighted by molar-refractivity contribution is 6.30. The lowest BCUT2D eigenvalue weighted by Gasteiger charge is -2.27. The molecular weight excluding hydrogens is 218 g/mol. The Bertz CT molecular complexity index is 394. The average molecular weight is 227 g/mol. The molecule has 0 spiro atoms. The van der Waals surface area contributed by atoms with Gasteiger partial charge in [0, 0.05) is 17.4 Å². The highest BCUT2D eigenvalue weighted by atomic mass is 35.5. The lowest BCUT2D eigenvalue weighted by Crippen LogP contribution is -2.37. The van der Waals surface area contributed by atoms with E-state index in [0.29, 0.717) is 17.4 Å². The van der Waals surface area contributed by atoms with Crippen molar-refractivity contribution in [1.82, 2.24) is 0 Å². The monoisotopic (exact) mass is 226 g/mol. The zero-order valence-corrected chi connectivity index (χ0v) is 8.58. The van der Waals surface area contributed by atoms with Crippen molar-refractivity contribution in [2.24, 2.45) is 0 Å². The van der Waals surface area contributed by atoms with Gasteiger partial charge in [0.05, 0.1) is 11.7 Å². The van der Waals surface area contributed by atoms with E-state index in [4.69, 9.17) is 16.3 Å². The molecule has 0 aromatic heterocycles. The van der Waals surface area contributed by atoms with Gasteiger partial charge < -0.3 is 20.0 Å². The summed E-state index contributed by atoms with van der Waals surface area (Å²) in [5.41, 5.74) is 0.722. The van der Waals surface area contributed by atoms with Crippen molar-refractivity contribution in [3.63, 3.8) is 0 Å². The Hall–Kier alpha value is -1.42. The van der Waals surface area contributed by atoms with Crippen LogP contribution in [0.5, 0.6) is 5.75 Å². The molecule has 1 unspecified atom stereocenters.